The van der Waals surface area contributed by atoms with Gasteiger partial charge in [0.15, 0.2) is 11.5 Å². The first-order valence-corrected chi connectivity index (χ1v) is 9.45. The van der Waals surface area contributed by atoms with Gasteiger partial charge in [0.2, 0.25) is 0 Å². The smallest absolute Gasteiger partial charge is 0.315 e. The number of esters is 1. The van der Waals surface area contributed by atoms with Crippen LogP contribution in [0.25, 0.3) is 0 Å². The molecule has 0 spiro atoms. The number of hydrogen-bond donors (Lipinski definition) is 0. The standard InChI is InChI=1S/C20H19NO5S/c1-24-14-8-13-16(9-15(14)25-2)27-10-21-18(13)17(20(23)26-3)11-6-4-5-7-12(11)19(21)22/h4-9,17-18H,10H2,1-3H3/t17-,18+/m0/s1. The number of benzene rings is 2. The predicted molar refractivity (Wildman–Crippen MR) is 100 cm³/mol. The van der Waals surface area contributed by atoms with E-state index in [1.807, 2.05) is 30.3 Å². The van der Waals surface area contributed by atoms with E-state index in [1.54, 1.807) is 36.9 Å². The number of carbonyl (C=O) groups excluding carboxylic acids is 2. The molecule has 140 valence electrons. The minimum Gasteiger partial charge on any atom is -0.493 e. The lowest BCUT2D eigenvalue weighted by molar-refractivity contribution is -0.144. The number of nitrogens with zero attached hydrogens (tertiary/aromatic N) is 1. The summed E-state index contributed by atoms with van der Waals surface area (Å²) in [7, 11) is 4.53. The largest absolute Gasteiger partial charge is 0.493 e. The van der Waals surface area contributed by atoms with Gasteiger partial charge < -0.3 is 19.1 Å². The van der Waals surface area contributed by atoms with Crippen LogP contribution in [0.1, 0.15) is 33.4 Å². The van der Waals surface area contributed by atoms with Crippen LogP contribution in [0.5, 0.6) is 11.5 Å². The van der Waals surface area contributed by atoms with Crippen molar-refractivity contribution < 1.29 is 23.8 Å². The summed E-state index contributed by atoms with van der Waals surface area (Å²) in [6, 6.07) is 10.5. The van der Waals surface area contributed by atoms with E-state index >= 15 is 0 Å². The van der Waals surface area contributed by atoms with Gasteiger partial charge in [-0.3, -0.25) is 9.59 Å². The number of fused-ring (bicyclic) bond motifs is 4. The summed E-state index contributed by atoms with van der Waals surface area (Å²) in [6.07, 6.45) is 0. The SMILES string of the molecule is COC(=O)[C@H]1c2ccccc2C(=O)N2CSc3cc(OC)c(OC)cc3[C@H]12. The van der Waals surface area contributed by atoms with Crippen LogP contribution in [0, 0.1) is 0 Å². The van der Waals surface area contributed by atoms with Crippen LogP contribution in [-0.4, -0.2) is 44.0 Å². The highest BCUT2D eigenvalue weighted by Gasteiger charge is 2.47. The van der Waals surface area contributed by atoms with Crippen molar-refractivity contribution in [1.82, 2.24) is 4.90 Å². The molecule has 2 atom stereocenters. The third-order valence-electron chi connectivity index (χ3n) is 5.09. The zero-order valence-electron chi connectivity index (χ0n) is 15.2. The first kappa shape index (κ1) is 17.7. The molecule has 0 saturated heterocycles. The highest BCUT2D eigenvalue weighted by molar-refractivity contribution is 7.99. The lowest BCUT2D eigenvalue weighted by Gasteiger charge is -2.44. The molecule has 0 fully saturated rings. The van der Waals surface area contributed by atoms with Crippen molar-refractivity contribution in [3.05, 3.63) is 53.1 Å². The molecule has 0 bridgehead atoms. The van der Waals surface area contributed by atoms with Crippen molar-refractivity contribution in [2.75, 3.05) is 27.2 Å². The van der Waals surface area contributed by atoms with Gasteiger partial charge in [0, 0.05) is 10.5 Å². The van der Waals surface area contributed by atoms with Crippen LogP contribution in [0.2, 0.25) is 0 Å². The summed E-state index contributed by atoms with van der Waals surface area (Å²) in [5.41, 5.74) is 2.11. The molecule has 0 aliphatic carbocycles. The van der Waals surface area contributed by atoms with Gasteiger partial charge in [0.25, 0.3) is 5.91 Å². The third kappa shape index (κ3) is 2.65. The molecule has 2 aromatic carbocycles. The summed E-state index contributed by atoms with van der Waals surface area (Å²) in [6.45, 7) is 0. The summed E-state index contributed by atoms with van der Waals surface area (Å²) >= 11 is 1.54. The second-order valence-electron chi connectivity index (χ2n) is 6.33. The maximum absolute atomic E-state index is 13.1. The topological polar surface area (TPSA) is 65.1 Å². The van der Waals surface area contributed by atoms with Crippen LogP contribution in [0.3, 0.4) is 0 Å². The van der Waals surface area contributed by atoms with Crippen molar-refractivity contribution in [3.8, 4) is 11.5 Å². The molecular weight excluding hydrogens is 366 g/mol. The number of methoxy groups -OCH3 is 3. The molecule has 0 unspecified atom stereocenters. The van der Waals surface area contributed by atoms with E-state index in [-0.39, 0.29) is 11.9 Å². The van der Waals surface area contributed by atoms with E-state index in [0.717, 1.165) is 10.5 Å². The number of ether oxygens (including phenoxy) is 3. The van der Waals surface area contributed by atoms with E-state index in [4.69, 9.17) is 14.2 Å². The second-order valence-corrected chi connectivity index (χ2v) is 7.31. The highest BCUT2D eigenvalue weighted by atomic mass is 32.2. The maximum Gasteiger partial charge on any atom is 0.315 e. The average Bonchev–Trinajstić information content (AvgIpc) is 2.72. The molecule has 0 N–H and O–H groups in total. The second kappa shape index (κ2) is 6.81. The molecule has 4 rings (SSSR count). The van der Waals surface area contributed by atoms with Gasteiger partial charge in [0.05, 0.1) is 33.2 Å². The molecule has 2 heterocycles. The Morgan fingerprint density at radius 3 is 2.48 bits per heavy atom. The Morgan fingerprint density at radius 2 is 1.78 bits per heavy atom. The van der Waals surface area contributed by atoms with Crippen molar-refractivity contribution >= 4 is 23.6 Å². The highest BCUT2D eigenvalue weighted by Crippen LogP contribution is 2.51. The van der Waals surface area contributed by atoms with E-state index in [9.17, 15) is 9.59 Å². The van der Waals surface area contributed by atoms with Crippen LogP contribution < -0.4 is 9.47 Å². The first-order valence-electron chi connectivity index (χ1n) is 8.47. The van der Waals surface area contributed by atoms with Crippen molar-refractivity contribution in [2.45, 2.75) is 16.9 Å². The molecule has 0 radical (unpaired) electrons. The Morgan fingerprint density at radius 1 is 1.07 bits per heavy atom. The maximum atomic E-state index is 13.1. The Hall–Kier alpha value is -2.67. The molecule has 0 aromatic heterocycles. The van der Waals surface area contributed by atoms with Crippen molar-refractivity contribution in [2.24, 2.45) is 0 Å². The summed E-state index contributed by atoms with van der Waals surface area (Å²) in [4.78, 5) is 28.6. The Balaban J connectivity index is 1.94. The lowest BCUT2D eigenvalue weighted by Crippen LogP contribution is -2.46. The van der Waals surface area contributed by atoms with Crippen LogP contribution in [0.15, 0.2) is 41.3 Å². The van der Waals surface area contributed by atoms with E-state index in [1.165, 1.54) is 7.11 Å². The van der Waals surface area contributed by atoms with Gasteiger partial charge in [0.1, 0.15) is 5.92 Å². The van der Waals surface area contributed by atoms with Gasteiger partial charge >= 0.3 is 5.97 Å². The normalized spacial score (nSPS) is 20.3. The molecule has 0 saturated carbocycles. The number of carbonyl (C=O) groups is 2. The zero-order valence-corrected chi connectivity index (χ0v) is 16.0. The van der Waals surface area contributed by atoms with Gasteiger partial charge in [-0.25, -0.2) is 0 Å². The number of thioether (sulfide) groups is 1. The molecule has 27 heavy (non-hydrogen) atoms. The third-order valence-corrected chi connectivity index (χ3v) is 6.16. The molecule has 2 aliphatic rings. The molecule has 2 aromatic rings. The number of amides is 1. The molecule has 1 amide bonds. The minimum atomic E-state index is -0.596. The average molecular weight is 385 g/mol. The monoisotopic (exact) mass is 385 g/mol. The minimum absolute atomic E-state index is 0.0799. The Bertz CT molecular complexity index is 929. The fourth-order valence-corrected chi connectivity index (χ4v) is 4.93. The van der Waals surface area contributed by atoms with Gasteiger partial charge in [-0.1, -0.05) is 18.2 Å². The lowest BCUT2D eigenvalue weighted by atomic mass is 9.80. The van der Waals surface area contributed by atoms with E-state index < -0.39 is 12.0 Å². The number of rotatable bonds is 3. The zero-order chi connectivity index (χ0) is 19.1. The van der Waals surface area contributed by atoms with E-state index in [0.29, 0.717) is 28.5 Å². The molecular formula is C20H19NO5S. The Kier molecular flexibility index (Phi) is 4.47. The van der Waals surface area contributed by atoms with Crippen molar-refractivity contribution in [1.29, 1.82) is 0 Å². The summed E-state index contributed by atoms with van der Waals surface area (Å²) in [5, 5.41) is 0. The van der Waals surface area contributed by atoms with Crippen molar-refractivity contribution in [3.63, 3.8) is 0 Å². The van der Waals surface area contributed by atoms with Gasteiger partial charge in [-0.05, 0) is 29.3 Å². The van der Waals surface area contributed by atoms with Gasteiger partial charge in [-0.2, -0.15) is 0 Å². The number of hydrogen-bond acceptors (Lipinski definition) is 6. The summed E-state index contributed by atoms with van der Waals surface area (Å²) < 4.78 is 16.0. The quantitative estimate of drug-likeness (QED) is 0.756. The van der Waals surface area contributed by atoms with Crippen LogP contribution >= 0.6 is 11.8 Å². The molecule has 7 heteroatoms. The molecule has 2 aliphatic heterocycles. The predicted octanol–water partition coefficient (Wildman–Crippen LogP) is 3.22. The molecule has 6 nitrogen and oxygen atoms in total. The van der Waals surface area contributed by atoms with Crippen LogP contribution in [0.4, 0.5) is 0 Å². The summed E-state index contributed by atoms with van der Waals surface area (Å²) in [5.74, 6) is 0.597. The fourth-order valence-electron chi connectivity index (χ4n) is 3.83. The van der Waals surface area contributed by atoms with Gasteiger partial charge in [-0.15, -0.1) is 11.8 Å². The Labute approximate surface area is 161 Å². The fraction of sp³-hybridized carbons (Fsp3) is 0.300. The van der Waals surface area contributed by atoms with E-state index in [2.05, 4.69) is 0 Å². The van der Waals surface area contributed by atoms with Crippen LogP contribution in [-0.2, 0) is 9.53 Å². The first-order chi connectivity index (χ1) is 13.1.